The Kier molecular flexibility index (Phi) is 6.11. The van der Waals surface area contributed by atoms with Gasteiger partial charge in [-0.25, -0.2) is 9.37 Å². The number of carbonyl (C=O) groups excluding carboxylic acids is 1. The third-order valence-electron chi connectivity index (χ3n) is 5.45. The van der Waals surface area contributed by atoms with E-state index in [9.17, 15) is 9.18 Å². The minimum atomic E-state index is -0.343. The zero-order chi connectivity index (χ0) is 20.4. The fourth-order valence-corrected chi connectivity index (χ4v) is 4.96. The van der Waals surface area contributed by atoms with Crippen LogP contribution in [0.4, 0.5) is 4.39 Å². The van der Waals surface area contributed by atoms with Crippen LogP contribution in [0, 0.1) is 5.82 Å². The van der Waals surface area contributed by atoms with Crippen LogP contribution < -0.4 is 0 Å². The second kappa shape index (κ2) is 8.76. The van der Waals surface area contributed by atoms with Crippen LogP contribution >= 0.6 is 23.4 Å². The Balaban J connectivity index is 1.61. The third kappa shape index (κ3) is 4.28. The van der Waals surface area contributed by atoms with Gasteiger partial charge in [0, 0.05) is 23.2 Å². The van der Waals surface area contributed by atoms with Gasteiger partial charge in [0.15, 0.2) is 5.16 Å². The van der Waals surface area contributed by atoms with Crippen LogP contribution in [0.25, 0.3) is 11.0 Å². The summed E-state index contributed by atoms with van der Waals surface area (Å²) in [6.07, 6.45) is 3.29. The van der Waals surface area contributed by atoms with Crippen molar-refractivity contribution < 1.29 is 9.18 Å². The topological polar surface area (TPSA) is 38.1 Å². The molecule has 1 saturated heterocycles. The summed E-state index contributed by atoms with van der Waals surface area (Å²) >= 11 is 7.66. The van der Waals surface area contributed by atoms with E-state index in [1.165, 1.54) is 24.2 Å². The first kappa shape index (κ1) is 20.2. The number of hydrogen-bond acceptors (Lipinski definition) is 3. The Bertz CT molecular complexity index is 1020. The lowest BCUT2D eigenvalue weighted by atomic mass is 10.0. The van der Waals surface area contributed by atoms with Gasteiger partial charge >= 0.3 is 0 Å². The van der Waals surface area contributed by atoms with Gasteiger partial charge in [0.1, 0.15) is 5.82 Å². The van der Waals surface area contributed by atoms with Crippen LogP contribution in [0.15, 0.2) is 47.6 Å². The van der Waals surface area contributed by atoms with Gasteiger partial charge in [0.05, 0.1) is 23.3 Å². The predicted molar refractivity (Wildman–Crippen MR) is 116 cm³/mol. The largest absolute Gasteiger partial charge is 0.339 e. The molecule has 1 fully saturated rings. The number of fused-ring (bicyclic) bond motifs is 1. The maximum absolute atomic E-state index is 14.4. The summed E-state index contributed by atoms with van der Waals surface area (Å²) in [4.78, 5) is 19.4. The maximum atomic E-state index is 14.4. The number of benzene rings is 2. The summed E-state index contributed by atoms with van der Waals surface area (Å²) in [5.74, 6) is 0.104. The van der Waals surface area contributed by atoms with Crippen LogP contribution in [0.3, 0.4) is 0 Å². The van der Waals surface area contributed by atoms with E-state index in [1.54, 1.807) is 12.1 Å². The molecule has 1 aliphatic heterocycles. The van der Waals surface area contributed by atoms with Gasteiger partial charge in [0.25, 0.3) is 0 Å². The van der Waals surface area contributed by atoms with Crippen LogP contribution in [0.1, 0.15) is 31.7 Å². The number of likely N-dealkylation sites (tertiary alicyclic amines) is 1. The second-order valence-corrected chi connectivity index (χ2v) is 8.74. The van der Waals surface area contributed by atoms with Crippen molar-refractivity contribution in [3.8, 4) is 0 Å². The summed E-state index contributed by atoms with van der Waals surface area (Å²) in [6.45, 7) is 3.20. The number of carbonyl (C=O) groups is 1. The molecule has 0 spiro atoms. The molecule has 0 aliphatic carbocycles. The minimum absolute atomic E-state index is 0.129. The first-order valence-electron chi connectivity index (χ1n) is 9.85. The number of rotatable bonds is 5. The Hall–Kier alpha value is -2.05. The van der Waals surface area contributed by atoms with E-state index in [1.807, 2.05) is 33.7 Å². The Morgan fingerprint density at radius 1 is 1.24 bits per heavy atom. The highest BCUT2D eigenvalue weighted by Crippen LogP contribution is 2.29. The van der Waals surface area contributed by atoms with Crippen LogP contribution in [-0.2, 0) is 11.3 Å². The van der Waals surface area contributed by atoms with Crippen molar-refractivity contribution in [1.29, 1.82) is 0 Å². The van der Waals surface area contributed by atoms with E-state index >= 15 is 0 Å². The molecule has 0 saturated carbocycles. The Morgan fingerprint density at radius 3 is 2.86 bits per heavy atom. The highest BCUT2D eigenvalue weighted by atomic mass is 35.5. The lowest BCUT2D eigenvalue weighted by molar-refractivity contribution is -0.131. The quantitative estimate of drug-likeness (QED) is 0.509. The first-order valence-corrected chi connectivity index (χ1v) is 11.2. The van der Waals surface area contributed by atoms with Gasteiger partial charge in [-0.15, -0.1) is 0 Å². The number of para-hydroxylation sites is 2. The molecular weight excluding hydrogens is 409 g/mol. The summed E-state index contributed by atoms with van der Waals surface area (Å²) in [5, 5.41) is 1.08. The third-order valence-corrected chi connectivity index (χ3v) is 6.76. The molecule has 1 aliphatic rings. The van der Waals surface area contributed by atoms with Crippen molar-refractivity contribution in [3.05, 3.63) is 58.9 Å². The molecule has 1 amide bonds. The summed E-state index contributed by atoms with van der Waals surface area (Å²) in [7, 11) is 0. The van der Waals surface area contributed by atoms with E-state index < -0.39 is 0 Å². The molecule has 152 valence electrons. The molecule has 1 aromatic heterocycles. The average Bonchev–Trinajstić information content (AvgIpc) is 3.07. The van der Waals surface area contributed by atoms with E-state index in [-0.39, 0.29) is 24.3 Å². The van der Waals surface area contributed by atoms with Crippen molar-refractivity contribution in [2.24, 2.45) is 0 Å². The van der Waals surface area contributed by atoms with Crippen molar-refractivity contribution in [1.82, 2.24) is 14.5 Å². The van der Waals surface area contributed by atoms with Gasteiger partial charge < -0.3 is 9.47 Å². The highest BCUT2D eigenvalue weighted by molar-refractivity contribution is 7.99. The molecule has 2 heterocycles. The highest BCUT2D eigenvalue weighted by Gasteiger charge is 2.24. The lowest BCUT2D eigenvalue weighted by Crippen LogP contribution is -2.43. The van der Waals surface area contributed by atoms with Crippen LogP contribution in [-0.4, -0.2) is 38.7 Å². The smallest absolute Gasteiger partial charge is 0.233 e. The van der Waals surface area contributed by atoms with E-state index in [0.717, 1.165) is 30.4 Å². The standard InChI is InChI=1S/C22H23ClFN3OS/c1-15-7-4-5-12-26(15)21(28)14-29-22-25-19-10-2-3-11-20(19)27(22)13-16-17(23)8-6-9-18(16)24/h2-3,6,8-11,15H,4-5,7,12-14H2,1H3. The van der Waals surface area contributed by atoms with Gasteiger partial charge in [0.2, 0.25) is 5.91 Å². The maximum Gasteiger partial charge on any atom is 0.233 e. The number of thioether (sulfide) groups is 1. The van der Waals surface area contributed by atoms with Crippen molar-refractivity contribution >= 4 is 40.3 Å². The number of halogens is 2. The zero-order valence-electron chi connectivity index (χ0n) is 16.3. The van der Waals surface area contributed by atoms with E-state index in [4.69, 9.17) is 16.6 Å². The van der Waals surface area contributed by atoms with Crippen molar-refractivity contribution in [3.63, 3.8) is 0 Å². The summed E-state index contributed by atoms with van der Waals surface area (Å²) in [6, 6.07) is 12.7. The van der Waals surface area contributed by atoms with Gasteiger partial charge in [-0.3, -0.25) is 4.79 Å². The number of aromatic nitrogens is 2. The molecule has 4 nitrogen and oxygen atoms in total. The van der Waals surface area contributed by atoms with E-state index in [2.05, 4.69) is 6.92 Å². The van der Waals surface area contributed by atoms with Crippen LogP contribution in [0.5, 0.6) is 0 Å². The fourth-order valence-electron chi connectivity index (χ4n) is 3.84. The summed E-state index contributed by atoms with van der Waals surface area (Å²) in [5.41, 5.74) is 2.14. The predicted octanol–water partition coefficient (Wildman–Crippen LogP) is 5.37. The molecule has 4 rings (SSSR count). The average molecular weight is 432 g/mol. The molecule has 0 radical (unpaired) electrons. The second-order valence-electron chi connectivity index (χ2n) is 7.39. The number of piperidine rings is 1. The monoisotopic (exact) mass is 431 g/mol. The number of amides is 1. The van der Waals surface area contributed by atoms with Gasteiger partial charge in [-0.2, -0.15) is 0 Å². The zero-order valence-corrected chi connectivity index (χ0v) is 17.8. The van der Waals surface area contributed by atoms with Gasteiger partial charge in [-0.05, 0) is 50.5 Å². The van der Waals surface area contributed by atoms with Crippen molar-refractivity contribution in [2.45, 2.75) is 43.9 Å². The minimum Gasteiger partial charge on any atom is -0.339 e. The number of nitrogens with zero attached hydrogens (tertiary/aromatic N) is 3. The molecular formula is C22H23ClFN3OS. The molecule has 1 unspecified atom stereocenters. The molecule has 0 N–H and O–H groups in total. The lowest BCUT2D eigenvalue weighted by Gasteiger charge is -2.33. The summed E-state index contributed by atoms with van der Waals surface area (Å²) < 4.78 is 16.3. The molecule has 29 heavy (non-hydrogen) atoms. The van der Waals surface area contributed by atoms with E-state index in [0.29, 0.717) is 21.5 Å². The Morgan fingerprint density at radius 2 is 2.07 bits per heavy atom. The van der Waals surface area contributed by atoms with Gasteiger partial charge in [-0.1, -0.05) is 41.6 Å². The SMILES string of the molecule is CC1CCCCN1C(=O)CSc1nc2ccccc2n1Cc1c(F)cccc1Cl. The molecule has 0 bridgehead atoms. The normalized spacial score (nSPS) is 17.1. The number of hydrogen-bond donors (Lipinski definition) is 0. The molecule has 2 aromatic carbocycles. The van der Waals surface area contributed by atoms with Crippen LogP contribution in [0.2, 0.25) is 5.02 Å². The fraction of sp³-hybridized carbons (Fsp3) is 0.364. The number of imidazole rings is 1. The molecule has 7 heteroatoms. The first-order chi connectivity index (χ1) is 14.0. The molecule has 3 aromatic rings. The Labute approximate surface area is 179 Å². The van der Waals surface area contributed by atoms with Crippen molar-refractivity contribution in [2.75, 3.05) is 12.3 Å². The molecule has 1 atom stereocenters.